The standard InChI is InChI=1S/C11H17NO5/c1-3-16-10(14)7-5-9(13)12-6-8(7)11(15)17-4-2/h7-8H,3-6H2,1-2H3,(H,12,13)/t7-,8-/m0/s1. The summed E-state index contributed by atoms with van der Waals surface area (Å²) < 4.78 is 9.74. The lowest BCUT2D eigenvalue weighted by Gasteiger charge is -2.28. The third kappa shape index (κ3) is 3.44. The fourth-order valence-electron chi connectivity index (χ4n) is 1.77. The zero-order chi connectivity index (χ0) is 12.8. The minimum absolute atomic E-state index is 0.0255. The summed E-state index contributed by atoms with van der Waals surface area (Å²) in [5.41, 5.74) is 0. The minimum atomic E-state index is -0.734. The Morgan fingerprint density at radius 1 is 1.18 bits per heavy atom. The average molecular weight is 243 g/mol. The topological polar surface area (TPSA) is 81.7 Å². The Balaban J connectivity index is 2.74. The maximum absolute atomic E-state index is 11.7. The zero-order valence-corrected chi connectivity index (χ0v) is 10.0. The quantitative estimate of drug-likeness (QED) is 0.695. The smallest absolute Gasteiger partial charge is 0.311 e. The monoisotopic (exact) mass is 243 g/mol. The van der Waals surface area contributed by atoms with E-state index in [-0.39, 0.29) is 32.1 Å². The van der Waals surface area contributed by atoms with E-state index >= 15 is 0 Å². The molecule has 17 heavy (non-hydrogen) atoms. The lowest BCUT2D eigenvalue weighted by atomic mass is 9.86. The van der Waals surface area contributed by atoms with Gasteiger partial charge < -0.3 is 14.8 Å². The molecule has 1 heterocycles. The number of carbonyl (C=O) groups excluding carboxylic acids is 3. The summed E-state index contributed by atoms with van der Waals surface area (Å²) >= 11 is 0. The van der Waals surface area contributed by atoms with Crippen LogP contribution in [-0.2, 0) is 23.9 Å². The van der Waals surface area contributed by atoms with Gasteiger partial charge in [0.2, 0.25) is 5.91 Å². The van der Waals surface area contributed by atoms with Crippen molar-refractivity contribution in [1.82, 2.24) is 5.32 Å². The van der Waals surface area contributed by atoms with Gasteiger partial charge in [0, 0.05) is 13.0 Å². The number of hydrogen-bond acceptors (Lipinski definition) is 5. The van der Waals surface area contributed by atoms with Gasteiger partial charge in [0.1, 0.15) is 0 Å². The molecule has 0 aromatic carbocycles. The van der Waals surface area contributed by atoms with Gasteiger partial charge in [0.25, 0.3) is 0 Å². The van der Waals surface area contributed by atoms with Crippen molar-refractivity contribution in [1.29, 1.82) is 0 Å². The van der Waals surface area contributed by atoms with Gasteiger partial charge in [-0.2, -0.15) is 0 Å². The number of nitrogens with one attached hydrogen (secondary N) is 1. The number of ether oxygens (including phenoxy) is 2. The summed E-state index contributed by atoms with van der Waals surface area (Å²) in [4.78, 5) is 34.5. The first-order valence-electron chi connectivity index (χ1n) is 5.70. The molecule has 6 nitrogen and oxygen atoms in total. The molecule has 1 rings (SSSR count). The molecule has 0 aromatic heterocycles. The van der Waals surface area contributed by atoms with E-state index in [0.717, 1.165) is 0 Å². The Hall–Kier alpha value is -1.59. The molecular weight excluding hydrogens is 226 g/mol. The van der Waals surface area contributed by atoms with Crippen molar-refractivity contribution in [2.75, 3.05) is 19.8 Å². The summed E-state index contributed by atoms with van der Waals surface area (Å²) in [5.74, 6) is -2.61. The van der Waals surface area contributed by atoms with Crippen molar-refractivity contribution < 1.29 is 23.9 Å². The first kappa shape index (κ1) is 13.5. The van der Waals surface area contributed by atoms with Crippen molar-refractivity contribution in [2.24, 2.45) is 11.8 Å². The summed E-state index contributed by atoms with van der Waals surface area (Å²) in [6, 6.07) is 0. The Bertz CT molecular complexity index is 315. The van der Waals surface area contributed by atoms with E-state index in [4.69, 9.17) is 9.47 Å². The van der Waals surface area contributed by atoms with Gasteiger partial charge in [0.05, 0.1) is 25.0 Å². The number of carbonyl (C=O) groups is 3. The first-order valence-corrected chi connectivity index (χ1v) is 5.70. The molecule has 1 aliphatic rings. The molecule has 96 valence electrons. The van der Waals surface area contributed by atoms with Gasteiger partial charge in [-0.15, -0.1) is 0 Å². The van der Waals surface area contributed by atoms with Crippen molar-refractivity contribution >= 4 is 17.8 Å². The van der Waals surface area contributed by atoms with Crippen LogP contribution in [0.25, 0.3) is 0 Å². The van der Waals surface area contributed by atoms with Gasteiger partial charge in [-0.1, -0.05) is 0 Å². The highest BCUT2D eigenvalue weighted by Crippen LogP contribution is 2.22. The van der Waals surface area contributed by atoms with Crippen LogP contribution in [0.2, 0.25) is 0 Å². The van der Waals surface area contributed by atoms with Crippen molar-refractivity contribution in [3.8, 4) is 0 Å². The van der Waals surface area contributed by atoms with Crippen LogP contribution in [0.5, 0.6) is 0 Å². The predicted molar refractivity (Wildman–Crippen MR) is 57.9 cm³/mol. The molecule has 1 fully saturated rings. The number of hydrogen-bond donors (Lipinski definition) is 1. The van der Waals surface area contributed by atoms with Gasteiger partial charge in [-0.25, -0.2) is 0 Å². The van der Waals surface area contributed by atoms with Crippen LogP contribution in [0, 0.1) is 11.8 Å². The number of amides is 1. The Kier molecular flexibility index (Phi) is 4.93. The van der Waals surface area contributed by atoms with E-state index in [1.165, 1.54) is 0 Å². The van der Waals surface area contributed by atoms with E-state index in [9.17, 15) is 14.4 Å². The molecular formula is C11H17NO5. The second-order valence-corrected chi connectivity index (χ2v) is 3.73. The lowest BCUT2D eigenvalue weighted by molar-refractivity contribution is -0.163. The third-order valence-corrected chi connectivity index (χ3v) is 2.59. The molecule has 0 aromatic rings. The van der Waals surface area contributed by atoms with Gasteiger partial charge in [-0.3, -0.25) is 14.4 Å². The van der Waals surface area contributed by atoms with Crippen LogP contribution in [0.4, 0.5) is 0 Å². The van der Waals surface area contributed by atoms with E-state index < -0.39 is 23.8 Å². The molecule has 0 bridgehead atoms. The maximum atomic E-state index is 11.7. The highest BCUT2D eigenvalue weighted by Gasteiger charge is 2.40. The average Bonchev–Trinajstić information content (AvgIpc) is 2.29. The predicted octanol–water partition coefficient (Wildman–Crippen LogP) is -0.135. The van der Waals surface area contributed by atoms with Crippen LogP contribution in [0.3, 0.4) is 0 Å². The Labute approximate surface area is 99.6 Å². The normalized spacial score (nSPS) is 23.8. The molecule has 1 aliphatic heterocycles. The summed E-state index contributed by atoms with van der Waals surface area (Å²) in [7, 11) is 0. The fraction of sp³-hybridized carbons (Fsp3) is 0.727. The molecule has 0 saturated carbocycles. The number of rotatable bonds is 4. The molecule has 1 saturated heterocycles. The van der Waals surface area contributed by atoms with Crippen LogP contribution in [-0.4, -0.2) is 37.6 Å². The van der Waals surface area contributed by atoms with E-state index in [2.05, 4.69) is 5.32 Å². The SMILES string of the molecule is CCOC(=O)[C@H]1CNC(=O)C[C@@H]1C(=O)OCC. The summed E-state index contributed by atoms with van der Waals surface area (Å²) in [6.45, 7) is 3.98. The highest BCUT2D eigenvalue weighted by molar-refractivity contribution is 5.89. The van der Waals surface area contributed by atoms with Crippen LogP contribution >= 0.6 is 0 Å². The number of esters is 2. The van der Waals surface area contributed by atoms with Crippen molar-refractivity contribution in [3.05, 3.63) is 0 Å². The van der Waals surface area contributed by atoms with Crippen LogP contribution < -0.4 is 5.32 Å². The second-order valence-electron chi connectivity index (χ2n) is 3.73. The highest BCUT2D eigenvalue weighted by atomic mass is 16.5. The molecule has 0 spiro atoms. The van der Waals surface area contributed by atoms with Crippen LogP contribution in [0.15, 0.2) is 0 Å². The molecule has 0 unspecified atom stereocenters. The fourth-order valence-corrected chi connectivity index (χ4v) is 1.77. The molecule has 6 heteroatoms. The lowest BCUT2D eigenvalue weighted by Crippen LogP contribution is -2.47. The molecule has 1 amide bonds. The zero-order valence-electron chi connectivity index (χ0n) is 10.0. The summed E-state index contributed by atoms with van der Waals surface area (Å²) in [6.07, 6.45) is -0.0255. The molecule has 0 radical (unpaired) electrons. The van der Waals surface area contributed by atoms with Crippen molar-refractivity contribution in [3.63, 3.8) is 0 Å². The maximum Gasteiger partial charge on any atom is 0.311 e. The van der Waals surface area contributed by atoms with E-state index in [0.29, 0.717) is 0 Å². The molecule has 2 atom stereocenters. The number of piperidine rings is 1. The molecule has 0 aliphatic carbocycles. The minimum Gasteiger partial charge on any atom is -0.466 e. The first-order chi connectivity index (χ1) is 8.10. The largest absolute Gasteiger partial charge is 0.466 e. The van der Waals surface area contributed by atoms with Gasteiger partial charge in [0.15, 0.2) is 0 Å². The van der Waals surface area contributed by atoms with Gasteiger partial charge in [-0.05, 0) is 13.8 Å². The second kappa shape index (κ2) is 6.22. The third-order valence-electron chi connectivity index (χ3n) is 2.59. The molecule has 1 N–H and O–H groups in total. The van der Waals surface area contributed by atoms with Crippen molar-refractivity contribution in [2.45, 2.75) is 20.3 Å². The summed E-state index contributed by atoms with van der Waals surface area (Å²) in [5, 5.41) is 2.55. The van der Waals surface area contributed by atoms with Crippen LogP contribution in [0.1, 0.15) is 20.3 Å². The Morgan fingerprint density at radius 3 is 2.24 bits per heavy atom. The Morgan fingerprint density at radius 2 is 1.71 bits per heavy atom. The van der Waals surface area contributed by atoms with Gasteiger partial charge >= 0.3 is 11.9 Å². The van der Waals surface area contributed by atoms with E-state index in [1.807, 2.05) is 0 Å². The van der Waals surface area contributed by atoms with E-state index in [1.54, 1.807) is 13.8 Å².